The van der Waals surface area contributed by atoms with Gasteiger partial charge in [-0.15, -0.1) is 11.3 Å². The maximum Gasteiger partial charge on any atom is 0.261 e. The third kappa shape index (κ3) is 4.61. The number of hydrogen-bond acceptors (Lipinski definition) is 6. The van der Waals surface area contributed by atoms with Crippen molar-refractivity contribution in [3.8, 4) is 5.75 Å². The third-order valence-electron chi connectivity index (χ3n) is 4.99. The number of benzene rings is 2. The SMILES string of the molecule is COCCOc1ccc(S(=O)(=O)Nc2ccccc2N2CCc3sccc3C2)cc1. The van der Waals surface area contributed by atoms with Gasteiger partial charge in [-0.25, -0.2) is 8.42 Å². The highest BCUT2D eigenvalue weighted by Gasteiger charge is 2.22. The number of fused-ring (bicyclic) bond motifs is 1. The molecule has 0 atom stereocenters. The van der Waals surface area contributed by atoms with E-state index >= 15 is 0 Å². The van der Waals surface area contributed by atoms with Crippen molar-refractivity contribution in [1.29, 1.82) is 0 Å². The number of rotatable bonds is 8. The Morgan fingerprint density at radius 3 is 2.67 bits per heavy atom. The molecule has 0 fully saturated rings. The van der Waals surface area contributed by atoms with Crippen LogP contribution in [0.1, 0.15) is 10.4 Å². The molecule has 0 aliphatic carbocycles. The number of ether oxygens (including phenoxy) is 2. The van der Waals surface area contributed by atoms with Crippen LogP contribution in [0.2, 0.25) is 0 Å². The smallest absolute Gasteiger partial charge is 0.261 e. The van der Waals surface area contributed by atoms with Crippen molar-refractivity contribution in [1.82, 2.24) is 0 Å². The Hall–Kier alpha value is -2.55. The van der Waals surface area contributed by atoms with E-state index in [1.165, 1.54) is 10.4 Å². The molecule has 0 amide bonds. The van der Waals surface area contributed by atoms with Gasteiger partial charge in [0.15, 0.2) is 0 Å². The minimum absolute atomic E-state index is 0.190. The lowest BCUT2D eigenvalue weighted by Gasteiger charge is -2.30. The summed E-state index contributed by atoms with van der Waals surface area (Å²) < 4.78 is 39.2. The Kier molecular flexibility index (Phi) is 6.26. The van der Waals surface area contributed by atoms with Crippen LogP contribution in [0.25, 0.3) is 0 Å². The topological polar surface area (TPSA) is 67.9 Å². The normalized spacial score (nSPS) is 13.7. The van der Waals surface area contributed by atoms with Gasteiger partial charge in [0.05, 0.1) is 22.9 Å². The Morgan fingerprint density at radius 1 is 1.07 bits per heavy atom. The molecule has 0 radical (unpaired) electrons. The van der Waals surface area contributed by atoms with Gasteiger partial charge in [-0.3, -0.25) is 4.72 Å². The number of thiophene rings is 1. The predicted octanol–water partition coefficient (Wildman–Crippen LogP) is 4.14. The standard InChI is InChI=1S/C22H24N2O4S2/c1-27-13-14-28-18-6-8-19(9-7-18)30(25,26)23-20-4-2-3-5-21(20)24-12-10-22-17(16-24)11-15-29-22/h2-9,11,15,23H,10,12-14,16H2,1H3. The molecule has 158 valence electrons. The molecule has 1 N–H and O–H groups in total. The van der Waals surface area contributed by atoms with Crippen LogP contribution in [0.4, 0.5) is 11.4 Å². The minimum atomic E-state index is -3.72. The second kappa shape index (κ2) is 9.07. The first-order valence-electron chi connectivity index (χ1n) is 9.71. The second-order valence-corrected chi connectivity index (χ2v) is 9.66. The van der Waals surface area contributed by atoms with Crippen molar-refractivity contribution < 1.29 is 17.9 Å². The van der Waals surface area contributed by atoms with Crippen LogP contribution in [0, 0.1) is 0 Å². The maximum absolute atomic E-state index is 13.0. The van der Waals surface area contributed by atoms with Crippen LogP contribution >= 0.6 is 11.3 Å². The van der Waals surface area contributed by atoms with Crippen LogP contribution in [0.3, 0.4) is 0 Å². The van der Waals surface area contributed by atoms with E-state index in [-0.39, 0.29) is 4.90 Å². The Labute approximate surface area is 181 Å². The predicted molar refractivity (Wildman–Crippen MR) is 120 cm³/mol. The fourth-order valence-electron chi connectivity index (χ4n) is 3.45. The Morgan fingerprint density at radius 2 is 1.87 bits per heavy atom. The number of anilines is 2. The molecule has 1 aliphatic heterocycles. The van der Waals surface area contributed by atoms with Crippen molar-refractivity contribution in [2.75, 3.05) is 36.5 Å². The molecule has 2 heterocycles. The lowest BCUT2D eigenvalue weighted by molar-refractivity contribution is 0.146. The summed E-state index contributed by atoms with van der Waals surface area (Å²) >= 11 is 1.79. The quantitative estimate of drug-likeness (QED) is 0.529. The van der Waals surface area contributed by atoms with E-state index in [9.17, 15) is 8.42 Å². The van der Waals surface area contributed by atoms with Gasteiger partial charge < -0.3 is 14.4 Å². The van der Waals surface area contributed by atoms with E-state index < -0.39 is 10.0 Å². The van der Waals surface area contributed by atoms with Gasteiger partial charge in [0, 0.05) is 25.1 Å². The molecule has 0 bridgehead atoms. The monoisotopic (exact) mass is 444 g/mol. The van der Waals surface area contributed by atoms with Gasteiger partial charge in [-0.1, -0.05) is 12.1 Å². The van der Waals surface area contributed by atoms with Crippen LogP contribution in [-0.4, -0.2) is 35.3 Å². The van der Waals surface area contributed by atoms with E-state index in [4.69, 9.17) is 9.47 Å². The number of nitrogens with zero attached hydrogens (tertiary/aromatic N) is 1. The van der Waals surface area contributed by atoms with Crippen molar-refractivity contribution in [3.63, 3.8) is 0 Å². The molecule has 0 unspecified atom stereocenters. The molecular formula is C22H24N2O4S2. The summed E-state index contributed by atoms with van der Waals surface area (Å²) in [5.74, 6) is 0.603. The van der Waals surface area contributed by atoms with Gasteiger partial charge in [-0.05, 0) is 59.8 Å². The van der Waals surface area contributed by atoms with Gasteiger partial charge in [0.2, 0.25) is 0 Å². The zero-order chi connectivity index (χ0) is 21.0. The van der Waals surface area contributed by atoms with E-state index in [1.807, 2.05) is 18.2 Å². The summed E-state index contributed by atoms with van der Waals surface area (Å²) in [4.78, 5) is 3.83. The average Bonchev–Trinajstić information content (AvgIpc) is 3.22. The molecule has 1 aliphatic rings. The van der Waals surface area contributed by atoms with E-state index in [0.29, 0.717) is 24.7 Å². The first kappa shape index (κ1) is 20.7. The van der Waals surface area contributed by atoms with E-state index in [1.54, 1.807) is 48.8 Å². The highest BCUT2D eigenvalue weighted by Crippen LogP contribution is 2.33. The molecular weight excluding hydrogens is 420 g/mol. The molecule has 8 heteroatoms. The first-order valence-corrected chi connectivity index (χ1v) is 12.1. The fourth-order valence-corrected chi connectivity index (χ4v) is 5.42. The highest BCUT2D eigenvalue weighted by atomic mass is 32.2. The molecule has 4 rings (SSSR count). The van der Waals surface area contributed by atoms with E-state index in [0.717, 1.165) is 25.2 Å². The molecule has 30 heavy (non-hydrogen) atoms. The second-order valence-electron chi connectivity index (χ2n) is 6.98. The Balaban J connectivity index is 1.51. The van der Waals surface area contributed by atoms with Crippen LogP contribution in [-0.2, 0) is 27.7 Å². The summed E-state index contributed by atoms with van der Waals surface area (Å²) in [7, 11) is -2.12. The summed E-state index contributed by atoms with van der Waals surface area (Å²) in [6, 6.07) is 16.1. The fraction of sp³-hybridized carbons (Fsp3) is 0.273. The molecule has 1 aromatic heterocycles. The average molecular weight is 445 g/mol. The summed E-state index contributed by atoms with van der Waals surface area (Å²) in [6.45, 7) is 2.53. The zero-order valence-electron chi connectivity index (χ0n) is 16.7. The van der Waals surface area contributed by atoms with Crippen molar-refractivity contribution in [3.05, 3.63) is 70.4 Å². The molecule has 3 aromatic rings. The van der Waals surface area contributed by atoms with Crippen LogP contribution in [0.5, 0.6) is 5.75 Å². The lowest BCUT2D eigenvalue weighted by Crippen LogP contribution is -2.30. The van der Waals surface area contributed by atoms with Crippen molar-refractivity contribution in [2.45, 2.75) is 17.9 Å². The first-order chi connectivity index (χ1) is 14.6. The highest BCUT2D eigenvalue weighted by molar-refractivity contribution is 7.92. The van der Waals surface area contributed by atoms with Crippen LogP contribution in [0.15, 0.2) is 64.9 Å². The number of hydrogen-bond donors (Lipinski definition) is 1. The number of methoxy groups -OCH3 is 1. The van der Waals surface area contributed by atoms with Crippen molar-refractivity contribution >= 4 is 32.7 Å². The van der Waals surface area contributed by atoms with Crippen LogP contribution < -0.4 is 14.4 Å². The largest absolute Gasteiger partial charge is 0.491 e. The molecule has 0 saturated heterocycles. The van der Waals surface area contributed by atoms with Gasteiger partial charge in [0.25, 0.3) is 10.0 Å². The summed E-state index contributed by atoms with van der Waals surface area (Å²) in [6.07, 6.45) is 0.971. The van der Waals surface area contributed by atoms with Crippen molar-refractivity contribution in [2.24, 2.45) is 0 Å². The third-order valence-corrected chi connectivity index (χ3v) is 7.39. The molecule has 2 aromatic carbocycles. The summed E-state index contributed by atoms with van der Waals surface area (Å²) in [5, 5.41) is 2.12. The Bertz CT molecular complexity index is 1090. The molecule has 0 spiro atoms. The number of para-hydroxylation sites is 2. The van der Waals surface area contributed by atoms with Gasteiger partial charge in [-0.2, -0.15) is 0 Å². The zero-order valence-corrected chi connectivity index (χ0v) is 18.3. The maximum atomic E-state index is 13.0. The minimum Gasteiger partial charge on any atom is -0.491 e. The van der Waals surface area contributed by atoms with Gasteiger partial charge in [0.1, 0.15) is 12.4 Å². The summed E-state index contributed by atoms with van der Waals surface area (Å²) in [5.41, 5.74) is 2.78. The number of nitrogens with one attached hydrogen (secondary N) is 1. The molecule has 6 nitrogen and oxygen atoms in total. The molecule has 0 saturated carbocycles. The van der Waals surface area contributed by atoms with Gasteiger partial charge >= 0.3 is 0 Å². The number of sulfonamides is 1. The lowest BCUT2D eigenvalue weighted by atomic mass is 10.1. The van der Waals surface area contributed by atoms with E-state index in [2.05, 4.69) is 21.1 Å².